The average molecular weight is 289 g/mol. The van der Waals surface area contributed by atoms with E-state index in [9.17, 15) is 4.39 Å². The quantitative estimate of drug-likeness (QED) is 0.839. The minimum Gasteiger partial charge on any atom is -0.457 e. The third kappa shape index (κ3) is 4.28. The molecule has 2 aromatic rings. The van der Waals surface area contributed by atoms with Crippen LogP contribution >= 0.6 is 0 Å². The molecule has 3 nitrogen and oxygen atoms in total. The second kappa shape index (κ2) is 7.76. The van der Waals surface area contributed by atoms with Gasteiger partial charge in [0.1, 0.15) is 17.3 Å². The van der Waals surface area contributed by atoms with Crippen molar-refractivity contribution in [1.82, 2.24) is 5.32 Å². The third-order valence-electron chi connectivity index (χ3n) is 3.06. The highest BCUT2D eigenvalue weighted by molar-refractivity contribution is 5.39. The maximum atomic E-state index is 13.9. The maximum Gasteiger partial charge on any atom is 0.134 e. The van der Waals surface area contributed by atoms with Crippen LogP contribution < -0.4 is 10.1 Å². The van der Waals surface area contributed by atoms with E-state index in [2.05, 4.69) is 5.32 Å². The first-order valence-electron chi connectivity index (χ1n) is 6.98. The lowest BCUT2D eigenvalue weighted by atomic mass is 10.1. The van der Waals surface area contributed by atoms with Crippen LogP contribution in [0.5, 0.6) is 11.5 Å². The molecule has 0 saturated heterocycles. The molecule has 0 amide bonds. The molecular weight excluding hydrogens is 269 g/mol. The van der Waals surface area contributed by atoms with Crippen molar-refractivity contribution in [2.75, 3.05) is 13.7 Å². The first-order valence-corrected chi connectivity index (χ1v) is 6.98. The van der Waals surface area contributed by atoms with Gasteiger partial charge < -0.3 is 14.8 Å². The summed E-state index contributed by atoms with van der Waals surface area (Å²) in [4.78, 5) is 0. The standard InChI is InChI=1S/C17H20FNO2/c1-3-19-11-15-16(18)8-5-9-17(15)21-14-7-4-6-13(10-14)12-20-2/h4-10,19H,3,11-12H2,1-2H3. The molecule has 0 fully saturated rings. The molecule has 0 spiro atoms. The van der Waals surface area contributed by atoms with Crippen molar-refractivity contribution in [2.45, 2.75) is 20.1 Å². The number of rotatable bonds is 7. The summed E-state index contributed by atoms with van der Waals surface area (Å²) in [6, 6.07) is 12.5. The minimum atomic E-state index is -0.263. The fourth-order valence-corrected chi connectivity index (χ4v) is 2.05. The Morgan fingerprint density at radius 3 is 2.71 bits per heavy atom. The first-order chi connectivity index (χ1) is 10.2. The summed E-state index contributed by atoms with van der Waals surface area (Å²) in [5.41, 5.74) is 1.55. The lowest BCUT2D eigenvalue weighted by molar-refractivity contribution is 0.184. The number of hydrogen-bond donors (Lipinski definition) is 1. The molecule has 0 bridgehead atoms. The van der Waals surface area contributed by atoms with E-state index in [1.165, 1.54) is 6.07 Å². The summed E-state index contributed by atoms with van der Waals surface area (Å²) in [6.45, 7) is 3.72. The van der Waals surface area contributed by atoms with Crippen molar-refractivity contribution >= 4 is 0 Å². The molecule has 1 N–H and O–H groups in total. The Balaban J connectivity index is 2.22. The molecule has 0 heterocycles. The van der Waals surface area contributed by atoms with Gasteiger partial charge in [0.05, 0.1) is 6.61 Å². The van der Waals surface area contributed by atoms with E-state index in [-0.39, 0.29) is 5.82 Å². The van der Waals surface area contributed by atoms with Gasteiger partial charge in [0.15, 0.2) is 0 Å². The summed E-state index contributed by atoms with van der Waals surface area (Å²) in [6.07, 6.45) is 0. The summed E-state index contributed by atoms with van der Waals surface area (Å²) >= 11 is 0. The van der Waals surface area contributed by atoms with E-state index < -0.39 is 0 Å². The highest BCUT2D eigenvalue weighted by Gasteiger charge is 2.10. The Hall–Kier alpha value is -1.91. The number of ether oxygens (including phenoxy) is 2. The van der Waals surface area contributed by atoms with E-state index in [1.807, 2.05) is 31.2 Å². The molecule has 112 valence electrons. The Kier molecular flexibility index (Phi) is 5.72. The summed E-state index contributed by atoms with van der Waals surface area (Å²) < 4.78 is 24.9. The molecule has 0 unspecified atom stereocenters. The maximum absolute atomic E-state index is 13.9. The normalized spacial score (nSPS) is 10.6. The van der Waals surface area contributed by atoms with Crippen molar-refractivity contribution in [3.8, 4) is 11.5 Å². The largest absolute Gasteiger partial charge is 0.457 e. The SMILES string of the molecule is CCNCc1c(F)cccc1Oc1cccc(COC)c1. The van der Waals surface area contributed by atoms with Gasteiger partial charge in [-0.1, -0.05) is 25.1 Å². The van der Waals surface area contributed by atoms with Crippen LogP contribution in [0.3, 0.4) is 0 Å². The van der Waals surface area contributed by atoms with Gasteiger partial charge in [-0.25, -0.2) is 4.39 Å². The zero-order valence-corrected chi connectivity index (χ0v) is 12.4. The van der Waals surface area contributed by atoms with E-state index in [0.29, 0.717) is 30.2 Å². The van der Waals surface area contributed by atoms with Crippen molar-refractivity contribution in [3.63, 3.8) is 0 Å². The second-order valence-electron chi connectivity index (χ2n) is 4.68. The Bertz CT molecular complexity index is 587. The summed E-state index contributed by atoms with van der Waals surface area (Å²) in [7, 11) is 1.65. The van der Waals surface area contributed by atoms with Gasteiger partial charge in [0.25, 0.3) is 0 Å². The van der Waals surface area contributed by atoms with E-state index in [0.717, 1.165) is 12.1 Å². The van der Waals surface area contributed by atoms with Gasteiger partial charge in [-0.15, -0.1) is 0 Å². The van der Waals surface area contributed by atoms with Crippen LogP contribution in [0.2, 0.25) is 0 Å². The zero-order valence-electron chi connectivity index (χ0n) is 12.4. The molecular formula is C17H20FNO2. The molecule has 0 saturated carbocycles. The molecule has 0 aliphatic carbocycles. The molecule has 4 heteroatoms. The van der Waals surface area contributed by atoms with Gasteiger partial charge in [0.2, 0.25) is 0 Å². The predicted molar refractivity (Wildman–Crippen MR) is 81.0 cm³/mol. The third-order valence-corrected chi connectivity index (χ3v) is 3.06. The molecule has 0 radical (unpaired) electrons. The van der Waals surface area contributed by atoms with Crippen molar-refractivity contribution in [1.29, 1.82) is 0 Å². The van der Waals surface area contributed by atoms with Crippen LogP contribution in [0.1, 0.15) is 18.1 Å². The van der Waals surface area contributed by atoms with E-state index in [4.69, 9.17) is 9.47 Å². The first kappa shape index (κ1) is 15.5. The van der Waals surface area contributed by atoms with Gasteiger partial charge in [-0.2, -0.15) is 0 Å². The number of nitrogens with one attached hydrogen (secondary N) is 1. The minimum absolute atomic E-state index is 0.263. The van der Waals surface area contributed by atoms with Crippen LogP contribution in [0.4, 0.5) is 4.39 Å². The van der Waals surface area contributed by atoms with Crippen LogP contribution in [0.15, 0.2) is 42.5 Å². The Labute approximate surface area is 124 Å². The highest BCUT2D eigenvalue weighted by Crippen LogP contribution is 2.27. The fourth-order valence-electron chi connectivity index (χ4n) is 2.05. The molecule has 0 aliphatic rings. The van der Waals surface area contributed by atoms with Crippen LogP contribution in [0, 0.1) is 5.82 Å². The van der Waals surface area contributed by atoms with Crippen molar-refractivity contribution in [3.05, 3.63) is 59.4 Å². The summed E-state index contributed by atoms with van der Waals surface area (Å²) in [5, 5.41) is 3.12. The van der Waals surface area contributed by atoms with Crippen molar-refractivity contribution in [2.24, 2.45) is 0 Å². The molecule has 0 aromatic heterocycles. The molecule has 0 aliphatic heterocycles. The molecule has 0 atom stereocenters. The molecule has 21 heavy (non-hydrogen) atoms. The second-order valence-corrected chi connectivity index (χ2v) is 4.68. The molecule has 2 rings (SSSR count). The number of halogens is 1. The fraction of sp³-hybridized carbons (Fsp3) is 0.294. The average Bonchev–Trinajstić information content (AvgIpc) is 2.47. The smallest absolute Gasteiger partial charge is 0.134 e. The lowest BCUT2D eigenvalue weighted by Crippen LogP contribution is -2.13. The van der Waals surface area contributed by atoms with Gasteiger partial charge in [0, 0.05) is 19.2 Å². The van der Waals surface area contributed by atoms with Gasteiger partial charge >= 0.3 is 0 Å². The highest BCUT2D eigenvalue weighted by atomic mass is 19.1. The Morgan fingerprint density at radius 2 is 1.95 bits per heavy atom. The van der Waals surface area contributed by atoms with Crippen LogP contribution in [-0.2, 0) is 17.9 Å². The zero-order chi connectivity index (χ0) is 15.1. The number of methoxy groups -OCH3 is 1. The van der Waals surface area contributed by atoms with Crippen LogP contribution in [0.25, 0.3) is 0 Å². The van der Waals surface area contributed by atoms with Crippen molar-refractivity contribution < 1.29 is 13.9 Å². The van der Waals surface area contributed by atoms with Gasteiger partial charge in [-0.3, -0.25) is 0 Å². The predicted octanol–water partition coefficient (Wildman–Crippen LogP) is 3.87. The van der Waals surface area contributed by atoms with E-state index >= 15 is 0 Å². The number of benzene rings is 2. The lowest BCUT2D eigenvalue weighted by Gasteiger charge is -2.13. The number of hydrogen-bond acceptors (Lipinski definition) is 3. The Morgan fingerprint density at radius 1 is 1.14 bits per heavy atom. The summed E-state index contributed by atoms with van der Waals surface area (Å²) in [5.74, 6) is 0.944. The monoisotopic (exact) mass is 289 g/mol. The van der Waals surface area contributed by atoms with Crippen LogP contribution in [-0.4, -0.2) is 13.7 Å². The molecule has 2 aromatic carbocycles. The topological polar surface area (TPSA) is 30.5 Å². The van der Waals surface area contributed by atoms with Gasteiger partial charge in [-0.05, 0) is 36.4 Å². The van der Waals surface area contributed by atoms with E-state index in [1.54, 1.807) is 19.2 Å².